The van der Waals surface area contributed by atoms with Crippen LogP contribution in [0.25, 0.3) is 0 Å². The minimum Gasteiger partial charge on any atom is -0.307 e. The molecule has 2 rings (SSSR count). The van der Waals surface area contributed by atoms with Crippen molar-refractivity contribution in [2.75, 3.05) is 0 Å². The fourth-order valence-electron chi connectivity index (χ4n) is 3.37. The molecule has 0 radical (unpaired) electrons. The van der Waals surface area contributed by atoms with E-state index in [0.29, 0.717) is 12.1 Å². The van der Waals surface area contributed by atoms with Crippen LogP contribution in [0.1, 0.15) is 57.7 Å². The Bertz CT molecular complexity index is 559. The lowest BCUT2D eigenvalue weighted by molar-refractivity contribution is 0.211. The zero-order valence-electron chi connectivity index (χ0n) is 15.0. The van der Waals surface area contributed by atoms with Gasteiger partial charge in [-0.1, -0.05) is 87.9 Å². The molecule has 0 unspecified atom stereocenters. The summed E-state index contributed by atoms with van der Waals surface area (Å²) in [6, 6.07) is 22.5. The number of nitrogens with one attached hydrogen (secondary N) is 1. The number of hydrogen-bond acceptors (Lipinski definition) is 1. The molecule has 0 aliphatic carbocycles. The highest BCUT2D eigenvalue weighted by molar-refractivity contribution is 5.19. The van der Waals surface area contributed by atoms with Crippen LogP contribution < -0.4 is 5.32 Å². The minimum atomic E-state index is 0.223. The normalized spacial score (nSPS) is 14.4. The van der Waals surface area contributed by atoms with E-state index in [1.54, 1.807) is 0 Å². The maximum atomic E-state index is 3.89. The van der Waals surface area contributed by atoms with Crippen molar-refractivity contribution >= 4 is 0 Å². The Morgan fingerprint density at radius 1 is 0.913 bits per heavy atom. The third-order valence-corrected chi connectivity index (χ3v) is 4.77. The van der Waals surface area contributed by atoms with E-state index in [1.165, 1.54) is 24.0 Å². The molecule has 23 heavy (non-hydrogen) atoms. The van der Waals surface area contributed by atoms with E-state index >= 15 is 0 Å². The van der Waals surface area contributed by atoms with Crippen LogP contribution in [0.15, 0.2) is 60.7 Å². The van der Waals surface area contributed by atoms with E-state index in [0.717, 1.165) is 6.42 Å². The van der Waals surface area contributed by atoms with Gasteiger partial charge in [-0.2, -0.15) is 0 Å². The summed E-state index contributed by atoms with van der Waals surface area (Å²) in [4.78, 5) is 0. The molecule has 124 valence electrons. The molecular weight excluding hydrogens is 278 g/mol. The van der Waals surface area contributed by atoms with Crippen molar-refractivity contribution in [3.8, 4) is 0 Å². The fourth-order valence-corrected chi connectivity index (χ4v) is 3.37. The van der Waals surface area contributed by atoms with Gasteiger partial charge in [0.1, 0.15) is 0 Å². The smallest absolute Gasteiger partial charge is 0.0294 e. The summed E-state index contributed by atoms with van der Waals surface area (Å²) in [6.45, 7) is 9.34. The Labute approximate surface area is 142 Å². The van der Waals surface area contributed by atoms with Gasteiger partial charge in [0.15, 0.2) is 0 Å². The third-order valence-electron chi connectivity index (χ3n) is 4.77. The molecule has 0 spiro atoms. The maximum absolute atomic E-state index is 3.89. The SMILES string of the molecule is CCC[C@H](N[C@@H](C)c1ccccc1)C(C)(C)Cc1ccccc1. The molecule has 0 aliphatic rings. The van der Waals surface area contributed by atoms with Crippen LogP contribution in [0, 0.1) is 5.41 Å². The van der Waals surface area contributed by atoms with Gasteiger partial charge in [0, 0.05) is 12.1 Å². The first-order valence-electron chi connectivity index (χ1n) is 8.88. The molecular formula is C22H31N. The average molecular weight is 309 g/mol. The van der Waals surface area contributed by atoms with Gasteiger partial charge in [-0.3, -0.25) is 0 Å². The van der Waals surface area contributed by atoms with Crippen LogP contribution in [0.5, 0.6) is 0 Å². The highest BCUT2D eigenvalue weighted by Gasteiger charge is 2.30. The molecule has 1 nitrogen and oxygen atoms in total. The van der Waals surface area contributed by atoms with E-state index in [-0.39, 0.29) is 5.41 Å². The number of rotatable bonds is 8. The molecule has 0 heterocycles. The van der Waals surface area contributed by atoms with Crippen LogP contribution in [-0.4, -0.2) is 6.04 Å². The van der Waals surface area contributed by atoms with Gasteiger partial charge in [0.2, 0.25) is 0 Å². The lowest BCUT2D eigenvalue weighted by Gasteiger charge is -2.37. The first kappa shape index (κ1) is 17.7. The first-order valence-corrected chi connectivity index (χ1v) is 8.88. The summed E-state index contributed by atoms with van der Waals surface area (Å²) in [5.41, 5.74) is 3.01. The zero-order valence-corrected chi connectivity index (χ0v) is 15.0. The summed E-state index contributed by atoms with van der Waals surface area (Å²) in [6.07, 6.45) is 3.52. The lowest BCUT2D eigenvalue weighted by atomic mass is 9.76. The molecule has 0 aromatic heterocycles. The monoisotopic (exact) mass is 309 g/mol. The highest BCUT2D eigenvalue weighted by Crippen LogP contribution is 2.30. The second kappa shape index (κ2) is 8.31. The van der Waals surface area contributed by atoms with Gasteiger partial charge in [-0.05, 0) is 36.3 Å². The Morgan fingerprint density at radius 2 is 1.48 bits per heavy atom. The summed E-state index contributed by atoms with van der Waals surface area (Å²) in [7, 11) is 0. The largest absolute Gasteiger partial charge is 0.307 e. The molecule has 1 N–H and O–H groups in total. The van der Waals surface area contributed by atoms with E-state index in [9.17, 15) is 0 Å². The summed E-state index contributed by atoms with van der Waals surface area (Å²) in [5, 5.41) is 3.89. The lowest BCUT2D eigenvalue weighted by Crippen LogP contribution is -2.44. The minimum absolute atomic E-state index is 0.223. The standard InChI is InChI=1S/C22H31N/c1-5-12-21(23-18(2)20-15-10-7-11-16-20)22(3,4)17-19-13-8-6-9-14-19/h6-11,13-16,18,21,23H,5,12,17H2,1-4H3/t18-,21-/m0/s1. The molecule has 2 aromatic carbocycles. The van der Waals surface area contributed by atoms with Crippen molar-refractivity contribution < 1.29 is 0 Å². The molecule has 0 aliphatic heterocycles. The Hall–Kier alpha value is -1.60. The molecule has 2 aromatic rings. The summed E-state index contributed by atoms with van der Waals surface area (Å²) in [5.74, 6) is 0. The van der Waals surface area contributed by atoms with E-state index < -0.39 is 0 Å². The summed E-state index contributed by atoms with van der Waals surface area (Å²) < 4.78 is 0. The zero-order chi connectivity index (χ0) is 16.7. The second-order valence-corrected chi connectivity index (χ2v) is 7.29. The molecule has 0 fully saturated rings. The van der Waals surface area contributed by atoms with Crippen molar-refractivity contribution in [3.63, 3.8) is 0 Å². The predicted octanol–water partition coefficient (Wildman–Crippen LogP) is 5.77. The molecule has 0 saturated heterocycles. The number of benzene rings is 2. The predicted molar refractivity (Wildman–Crippen MR) is 101 cm³/mol. The van der Waals surface area contributed by atoms with Crippen LogP contribution in [0.2, 0.25) is 0 Å². The highest BCUT2D eigenvalue weighted by atomic mass is 15.0. The van der Waals surface area contributed by atoms with Crippen molar-refractivity contribution in [1.29, 1.82) is 0 Å². The second-order valence-electron chi connectivity index (χ2n) is 7.29. The quantitative estimate of drug-likeness (QED) is 0.652. The average Bonchev–Trinajstić information content (AvgIpc) is 2.55. The van der Waals surface area contributed by atoms with Crippen LogP contribution in [0.4, 0.5) is 0 Å². The molecule has 1 heteroatoms. The Kier molecular flexibility index (Phi) is 6.41. The maximum Gasteiger partial charge on any atom is 0.0294 e. The molecule has 0 bridgehead atoms. The Morgan fingerprint density at radius 3 is 2.04 bits per heavy atom. The van der Waals surface area contributed by atoms with Crippen LogP contribution in [0.3, 0.4) is 0 Å². The van der Waals surface area contributed by atoms with Crippen molar-refractivity contribution in [2.24, 2.45) is 5.41 Å². The van der Waals surface area contributed by atoms with Gasteiger partial charge in [-0.15, -0.1) is 0 Å². The van der Waals surface area contributed by atoms with E-state index in [1.807, 2.05) is 0 Å². The van der Waals surface area contributed by atoms with Gasteiger partial charge in [0.05, 0.1) is 0 Å². The van der Waals surface area contributed by atoms with Gasteiger partial charge >= 0.3 is 0 Å². The van der Waals surface area contributed by atoms with Crippen molar-refractivity contribution in [2.45, 2.75) is 59.0 Å². The third kappa shape index (κ3) is 5.21. The Balaban J connectivity index is 2.09. The van der Waals surface area contributed by atoms with Crippen LogP contribution >= 0.6 is 0 Å². The van der Waals surface area contributed by atoms with Crippen LogP contribution in [-0.2, 0) is 6.42 Å². The molecule has 2 atom stereocenters. The van der Waals surface area contributed by atoms with Crippen molar-refractivity contribution in [1.82, 2.24) is 5.32 Å². The summed E-state index contributed by atoms with van der Waals surface area (Å²) >= 11 is 0. The van der Waals surface area contributed by atoms with E-state index in [4.69, 9.17) is 0 Å². The van der Waals surface area contributed by atoms with Gasteiger partial charge < -0.3 is 5.32 Å². The van der Waals surface area contributed by atoms with Crippen molar-refractivity contribution in [3.05, 3.63) is 71.8 Å². The fraction of sp³-hybridized carbons (Fsp3) is 0.455. The van der Waals surface area contributed by atoms with Gasteiger partial charge in [-0.25, -0.2) is 0 Å². The topological polar surface area (TPSA) is 12.0 Å². The van der Waals surface area contributed by atoms with E-state index in [2.05, 4.69) is 93.7 Å². The van der Waals surface area contributed by atoms with Gasteiger partial charge in [0.25, 0.3) is 0 Å². The molecule has 0 saturated carbocycles. The first-order chi connectivity index (χ1) is 11.0. The number of hydrogen-bond donors (Lipinski definition) is 1. The molecule has 0 amide bonds.